The maximum absolute atomic E-state index is 9.84. The summed E-state index contributed by atoms with van der Waals surface area (Å²) in [5.41, 5.74) is 14.5. The molecule has 1 fully saturated rings. The molecule has 5 N–H and O–H groups in total. The van der Waals surface area contributed by atoms with Gasteiger partial charge >= 0.3 is 0 Å². The second-order valence-corrected chi connectivity index (χ2v) is 12.0. The smallest absolute Gasteiger partial charge is 0.103 e. The lowest BCUT2D eigenvalue weighted by molar-refractivity contribution is 0.260. The van der Waals surface area contributed by atoms with Gasteiger partial charge in [0.2, 0.25) is 0 Å². The molecule has 0 spiro atoms. The molecule has 3 aromatic rings. The van der Waals surface area contributed by atoms with Gasteiger partial charge in [0.05, 0.1) is 33.5 Å². The van der Waals surface area contributed by atoms with Crippen molar-refractivity contribution in [3.63, 3.8) is 0 Å². The molecular weight excluding hydrogens is 496 g/mol. The number of nitrogens with one attached hydrogen (secondary N) is 5. The molecule has 0 radical (unpaired) electrons. The number of halogens is 1. The molecule has 1 aliphatic carbocycles. The van der Waals surface area contributed by atoms with Crippen molar-refractivity contribution in [3.8, 4) is 6.07 Å². The van der Waals surface area contributed by atoms with Gasteiger partial charge in [0.15, 0.2) is 0 Å². The van der Waals surface area contributed by atoms with E-state index in [9.17, 15) is 5.26 Å². The minimum absolute atomic E-state index is 0.0375. The van der Waals surface area contributed by atoms with Crippen LogP contribution < -0.4 is 26.9 Å². The van der Waals surface area contributed by atoms with E-state index >= 15 is 0 Å². The fraction of sp³-hybridized carbons (Fsp3) is 0.379. The Morgan fingerprint density at radius 1 is 1.24 bits per heavy atom. The molecule has 3 aliphatic rings. The van der Waals surface area contributed by atoms with Crippen LogP contribution in [-0.4, -0.2) is 22.6 Å². The van der Waals surface area contributed by atoms with E-state index in [0.29, 0.717) is 28.7 Å². The fourth-order valence-electron chi connectivity index (χ4n) is 5.13. The number of aromatic nitrogens is 1. The number of anilines is 2. The van der Waals surface area contributed by atoms with Gasteiger partial charge in [0, 0.05) is 49.1 Å². The van der Waals surface area contributed by atoms with Crippen molar-refractivity contribution in [3.05, 3.63) is 75.7 Å². The molecule has 38 heavy (non-hydrogen) atoms. The molecule has 1 atom stereocenters. The van der Waals surface area contributed by atoms with Gasteiger partial charge in [-0.2, -0.15) is 5.26 Å². The first-order chi connectivity index (χ1) is 18.3. The molecule has 1 aromatic heterocycles. The highest BCUT2D eigenvalue weighted by molar-refractivity contribution is 6.35. The number of benzene rings is 2. The van der Waals surface area contributed by atoms with Crippen molar-refractivity contribution in [2.45, 2.75) is 58.8 Å². The van der Waals surface area contributed by atoms with E-state index in [1.807, 2.05) is 6.07 Å². The van der Waals surface area contributed by atoms with Gasteiger partial charge in [-0.15, -0.1) is 5.53 Å². The van der Waals surface area contributed by atoms with E-state index < -0.39 is 0 Å². The Labute approximate surface area is 228 Å². The van der Waals surface area contributed by atoms with Gasteiger partial charge in [-0.1, -0.05) is 50.6 Å². The fourth-order valence-corrected chi connectivity index (χ4v) is 5.40. The molecule has 2 aliphatic heterocycles. The molecule has 2 aromatic carbocycles. The maximum Gasteiger partial charge on any atom is 0.103 e. The van der Waals surface area contributed by atoms with Crippen LogP contribution in [0.25, 0.3) is 10.9 Å². The summed E-state index contributed by atoms with van der Waals surface area (Å²) in [5, 5.41) is 24.1. The Balaban J connectivity index is 1.43. The Morgan fingerprint density at radius 3 is 2.84 bits per heavy atom. The highest BCUT2D eigenvalue weighted by atomic mass is 35.5. The van der Waals surface area contributed by atoms with E-state index in [0.717, 1.165) is 35.5 Å². The molecular formula is C29H33ClN8. The molecule has 6 rings (SSSR count). The van der Waals surface area contributed by atoms with Crippen LogP contribution in [0.1, 0.15) is 61.9 Å². The molecule has 9 heteroatoms. The number of hydrogen-bond donors (Lipinski definition) is 5. The van der Waals surface area contributed by atoms with E-state index in [1.54, 1.807) is 6.20 Å². The average Bonchev–Trinajstić information content (AvgIpc) is 3.41. The molecule has 3 heterocycles. The van der Waals surface area contributed by atoms with Crippen molar-refractivity contribution in [1.29, 1.82) is 5.26 Å². The molecule has 0 amide bonds. The lowest BCUT2D eigenvalue weighted by Crippen LogP contribution is -2.38. The third-order valence-electron chi connectivity index (χ3n) is 7.25. The maximum atomic E-state index is 9.84. The zero-order valence-corrected chi connectivity index (χ0v) is 22.7. The van der Waals surface area contributed by atoms with Crippen LogP contribution in [-0.2, 0) is 13.1 Å². The van der Waals surface area contributed by atoms with Crippen LogP contribution in [0.2, 0.25) is 5.02 Å². The van der Waals surface area contributed by atoms with Gasteiger partial charge in [-0.25, -0.2) is 0 Å². The molecule has 196 valence electrons. The summed E-state index contributed by atoms with van der Waals surface area (Å²) in [6.07, 6.45) is 6.16. The largest absolute Gasteiger partial charge is 0.383 e. The second kappa shape index (κ2) is 9.66. The van der Waals surface area contributed by atoms with Crippen LogP contribution >= 0.6 is 11.6 Å². The highest BCUT2D eigenvalue weighted by Crippen LogP contribution is 2.38. The lowest BCUT2D eigenvalue weighted by Gasteiger charge is -2.25. The number of nitrogens with zero attached hydrogens (tertiary/aromatic N) is 3. The third-order valence-corrected chi connectivity index (χ3v) is 7.54. The number of fused-ring (bicyclic) bond motifs is 2. The summed E-state index contributed by atoms with van der Waals surface area (Å²) >= 11 is 6.80. The topological polar surface area (TPSA) is 100 Å². The number of hydrogen-bond acceptors (Lipinski definition) is 8. The van der Waals surface area contributed by atoms with Crippen LogP contribution in [0.3, 0.4) is 0 Å². The summed E-state index contributed by atoms with van der Waals surface area (Å²) in [7, 11) is 0. The van der Waals surface area contributed by atoms with Crippen molar-refractivity contribution in [2.24, 2.45) is 5.41 Å². The number of pyridine rings is 1. The first kappa shape index (κ1) is 24.8. The second-order valence-electron chi connectivity index (χ2n) is 11.6. The van der Waals surface area contributed by atoms with Crippen LogP contribution in [0.5, 0.6) is 0 Å². The van der Waals surface area contributed by atoms with Crippen molar-refractivity contribution in [1.82, 2.24) is 26.3 Å². The Kier molecular flexibility index (Phi) is 6.31. The quantitative estimate of drug-likeness (QED) is 0.281. The lowest BCUT2D eigenvalue weighted by atomic mass is 9.95. The van der Waals surface area contributed by atoms with Gasteiger partial charge in [0.25, 0.3) is 0 Å². The summed E-state index contributed by atoms with van der Waals surface area (Å²) in [6, 6.07) is 13.2. The van der Waals surface area contributed by atoms with E-state index in [1.165, 1.54) is 29.5 Å². The molecule has 0 bridgehead atoms. The summed E-state index contributed by atoms with van der Waals surface area (Å²) in [6.45, 7) is 8.91. The summed E-state index contributed by atoms with van der Waals surface area (Å²) in [4.78, 5) is 4.53. The van der Waals surface area contributed by atoms with Crippen molar-refractivity contribution < 1.29 is 0 Å². The zero-order valence-electron chi connectivity index (χ0n) is 22.0. The normalized spacial score (nSPS) is 17.6. The van der Waals surface area contributed by atoms with Gasteiger partial charge in [-0.3, -0.25) is 9.99 Å². The standard InChI is InChI=1S/C29H33ClN8/c1-29(2,3)16-34-26-18(11-31)13-33-27-22(26)9-19(10-24(27)30)35-28(25-15-38(37-36-25)20-7-8-20)21-6-4-5-17-12-32-14-23(17)21/h4-6,9-10,13,15,20,28,32,35-37H,7-8,12,14,16H2,1-3H3,(H,33,34)/t28-/m0/s1. The van der Waals surface area contributed by atoms with Gasteiger partial charge in [0.1, 0.15) is 6.07 Å². The number of hydrazine groups is 2. The molecule has 0 unspecified atom stereocenters. The minimum atomic E-state index is -0.132. The summed E-state index contributed by atoms with van der Waals surface area (Å²) < 4.78 is 0. The van der Waals surface area contributed by atoms with Crippen LogP contribution in [0.15, 0.2) is 48.4 Å². The minimum Gasteiger partial charge on any atom is -0.383 e. The Bertz CT molecular complexity index is 1460. The zero-order chi connectivity index (χ0) is 26.4. The predicted octanol–water partition coefficient (Wildman–Crippen LogP) is 5.30. The molecule has 0 saturated heterocycles. The Morgan fingerprint density at radius 2 is 2.08 bits per heavy atom. The highest BCUT2D eigenvalue weighted by Gasteiger charge is 2.33. The summed E-state index contributed by atoms with van der Waals surface area (Å²) in [5.74, 6) is 0. The van der Waals surface area contributed by atoms with Crippen LogP contribution in [0, 0.1) is 16.7 Å². The Hall–Kier alpha value is -3.51. The average molecular weight is 529 g/mol. The van der Waals surface area contributed by atoms with E-state index in [-0.39, 0.29) is 11.5 Å². The third kappa shape index (κ3) is 4.85. The monoisotopic (exact) mass is 528 g/mol. The SMILES string of the molecule is CC(C)(C)CNc1c(C#N)cnc2c(Cl)cc(N[C@H](C3=CN(C4CC4)NN3)c3cccc4c3CNC4)cc12. The first-order valence-corrected chi connectivity index (χ1v) is 13.5. The number of nitriles is 1. The number of rotatable bonds is 7. The van der Waals surface area contributed by atoms with Gasteiger partial charge in [-0.05, 0) is 47.1 Å². The van der Waals surface area contributed by atoms with Crippen molar-refractivity contribution >= 4 is 33.9 Å². The van der Waals surface area contributed by atoms with Gasteiger partial charge < -0.3 is 21.4 Å². The van der Waals surface area contributed by atoms with Crippen LogP contribution in [0.4, 0.5) is 11.4 Å². The van der Waals surface area contributed by atoms with E-state index in [2.05, 4.69) is 94.2 Å². The van der Waals surface area contributed by atoms with Crippen molar-refractivity contribution in [2.75, 3.05) is 17.2 Å². The van der Waals surface area contributed by atoms with E-state index in [4.69, 9.17) is 11.6 Å². The predicted molar refractivity (Wildman–Crippen MR) is 152 cm³/mol. The molecule has 1 saturated carbocycles. The first-order valence-electron chi connectivity index (χ1n) is 13.2. The molecule has 8 nitrogen and oxygen atoms in total.